The third-order valence-corrected chi connectivity index (χ3v) is 8.39. The maximum Gasteiger partial charge on any atom is 0.354 e. The minimum atomic E-state index is -0.466. The number of hydrogen-bond donors (Lipinski definition) is 2. The maximum atomic E-state index is 12.8. The molecule has 0 saturated heterocycles. The summed E-state index contributed by atoms with van der Waals surface area (Å²) in [4.78, 5) is 28.7. The fraction of sp³-hybridized carbons (Fsp3) is 0.214. The predicted octanol–water partition coefficient (Wildman–Crippen LogP) is 6.12. The van der Waals surface area contributed by atoms with E-state index in [4.69, 9.17) is 27.9 Å². The van der Waals surface area contributed by atoms with Gasteiger partial charge in [0.25, 0.3) is 5.91 Å². The van der Waals surface area contributed by atoms with Crippen LogP contribution in [0.15, 0.2) is 74.9 Å². The maximum absolute atomic E-state index is 12.8. The van der Waals surface area contributed by atoms with Crippen molar-refractivity contribution in [3.05, 3.63) is 92.0 Å². The van der Waals surface area contributed by atoms with Gasteiger partial charge in [-0.05, 0) is 54.1 Å². The van der Waals surface area contributed by atoms with Gasteiger partial charge in [-0.1, -0.05) is 63.0 Å². The fourth-order valence-corrected chi connectivity index (χ4v) is 6.15. The molecule has 0 spiro atoms. The van der Waals surface area contributed by atoms with Crippen molar-refractivity contribution in [2.75, 3.05) is 33.4 Å². The second kappa shape index (κ2) is 13.2. The van der Waals surface area contributed by atoms with Crippen LogP contribution in [0.3, 0.4) is 0 Å². The molecule has 4 aromatic rings. The molecule has 0 aliphatic rings. The van der Waals surface area contributed by atoms with E-state index >= 15 is 0 Å². The SMILES string of the molecule is COC(=O)c1cc2c(Br)cc(Sc3ccc(Cl)c(Cl)c3)cc2n1Cc1ccc(C(=O)N(CCO)CCO)cc1. The number of fused-ring (bicyclic) bond motifs is 1. The van der Waals surface area contributed by atoms with Gasteiger partial charge in [-0.2, -0.15) is 0 Å². The monoisotopic (exact) mass is 650 g/mol. The van der Waals surface area contributed by atoms with Crippen molar-refractivity contribution in [1.29, 1.82) is 0 Å². The topological polar surface area (TPSA) is 92.0 Å². The van der Waals surface area contributed by atoms with Crippen LogP contribution < -0.4 is 0 Å². The van der Waals surface area contributed by atoms with Gasteiger partial charge in [-0.15, -0.1) is 0 Å². The van der Waals surface area contributed by atoms with Crippen LogP contribution in [0.2, 0.25) is 10.0 Å². The number of aromatic nitrogens is 1. The van der Waals surface area contributed by atoms with Gasteiger partial charge in [0.1, 0.15) is 5.69 Å². The van der Waals surface area contributed by atoms with Gasteiger partial charge in [0.05, 0.1) is 35.9 Å². The van der Waals surface area contributed by atoms with Gasteiger partial charge in [-0.25, -0.2) is 4.79 Å². The predicted molar refractivity (Wildman–Crippen MR) is 157 cm³/mol. The average Bonchev–Trinajstić information content (AvgIpc) is 3.29. The first-order valence-corrected chi connectivity index (χ1v) is 14.3. The molecule has 1 heterocycles. The van der Waals surface area contributed by atoms with E-state index in [0.717, 1.165) is 30.7 Å². The first-order valence-electron chi connectivity index (χ1n) is 11.9. The van der Waals surface area contributed by atoms with E-state index in [0.29, 0.717) is 27.8 Å². The van der Waals surface area contributed by atoms with Crippen molar-refractivity contribution in [3.63, 3.8) is 0 Å². The van der Waals surface area contributed by atoms with E-state index < -0.39 is 5.97 Å². The second-order valence-electron chi connectivity index (χ2n) is 8.56. The number of ether oxygens (including phenoxy) is 1. The molecule has 11 heteroatoms. The molecule has 0 aliphatic carbocycles. The molecule has 0 fully saturated rings. The van der Waals surface area contributed by atoms with E-state index in [9.17, 15) is 19.8 Å². The Kier molecular flexibility index (Phi) is 9.98. The number of benzene rings is 3. The molecule has 4 rings (SSSR count). The fourth-order valence-electron chi connectivity index (χ4n) is 4.14. The van der Waals surface area contributed by atoms with E-state index in [1.807, 2.05) is 34.9 Å². The number of amides is 1. The Hall–Kier alpha value is -2.53. The molecule has 1 amide bonds. The zero-order valence-electron chi connectivity index (χ0n) is 20.9. The Labute approximate surface area is 248 Å². The molecule has 3 aromatic carbocycles. The first-order chi connectivity index (χ1) is 18.7. The van der Waals surface area contributed by atoms with Crippen molar-refractivity contribution in [3.8, 4) is 0 Å². The first kappa shape index (κ1) is 29.5. The van der Waals surface area contributed by atoms with Crippen molar-refractivity contribution in [2.45, 2.75) is 16.3 Å². The van der Waals surface area contributed by atoms with Gasteiger partial charge in [0.2, 0.25) is 0 Å². The lowest BCUT2D eigenvalue weighted by molar-refractivity contribution is 0.0589. The number of carbonyl (C=O) groups excluding carboxylic acids is 2. The summed E-state index contributed by atoms with van der Waals surface area (Å²) in [5, 5.41) is 20.3. The number of methoxy groups -OCH3 is 1. The lowest BCUT2D eigenvalue weighted by Gasteiger charge is -2.20. The highest BCUT2D eigenvalue weighted by Gasteiger charge is 2.20. The van der Waals surface area contributed by atoms with Crippen LogP contribution in [0, 0.1) is 0 Å². The zero-order chi connectivity index (χ0) is 28.1. The van der Waals surface area contributed by atoms with Crippen LogP contribution in [0.5, 0.6) is 0 Å². The van der Waals surface area contributed by atoms with Crippen LogP contribution >= 0.6 is 50.9 Å². The summed E-state index contributed by atoms with van der Waals surface area (Å²) in [5.74, 6) is -0.744. The standard InChI is InChI=1S/C28H25BrCl2N2O5S/c1-38-28(37)26-15-21-22(29)12-20(39-19-6-7-23(30)24(31)13-19)14-25(21)33(26)16-17-2-4-18(5-3-17)27(36)32(8-10-34)9-11-35/h2-7,12-15,34-35H,8-11,16H2,1H3. The summed E-state index contributed by atoms with van der Waals surface area (Å²) < 4.78 is 7.76. The number of carbonyl (C=O) groups is 2. The van der Waals surface area contributed by atoms with Crippen LogP contribution in [-0.2, 0) is 11.3 Å². The molecule has 0 atom stereocenters. The molecule has 2 N–H and O–H groups in total. The van der Waals surface area contributed by atoms with E-state index in [-0.39, 0.29) is 32.2 Å². The third kappa shape index (κ3) is 6.80. The number of hydrogen-bond acceptors (Lipinski definition) is 6. The quantitative estimate of drug-likeness (QED) is 0.201. The van der Waals surface area contributed by atoms with E-state index in [1.165, 1.54) is 23.8 Å². The van der Waals surface area contributed by atoms with E-state index in [1.54, 1.807) is 30.3 Å². The lowest BCUT2D eigenvalue weighted by atomic mass is 10.1. The van der Waals surface area contributed by atoms with Gasteiger partial charge >= 0.3 is 5.97 Å². The molecule has 0 saturated carbocycles. The molecule has 0 bridgehead atoms. The Morgan fingerprint density at radius 2 is 1.64 bits per heavy atom. The van der Waals surface area contributed by atoms with Crippen LogP contribution in [0.25, 0.3) is 10.9 Å². The van der Waals surface area contributed by atoms with E-state index in [2.05, 4.69) is 15.9 Å². The van der Waals surface area contributed by atoms with Crippen molar-refractivity contribution in [2.24, 2.45) is 0 Å². The summed E-state index contributed by atoms with van der Waals surface area (Å²) in [6, 6.07) is 18.2. The number of esters is 1. The highest BCUT2D eigenvalue weighted by molar-refractivity contribution is 9.10. The number of nitrogens with zero attached hydrogens (tertiary/aromatic N) is 2. The van der Waals surface area contributed by atoms with Crippen molar-refractivity contribution >= 4 is 73.7 Å². The molecular formula is C28H25BrCl2N2O5S. The highest BCUT2D eigenvalue weighted by Crippen LogP contribution is 2.38. The minimum Gasteiger partial charge on any atom is -0.464 e. The molecule has 0 aliphatic heterocycles. The third-order valence-electron chi connectivity index (χ3n) is 6.03. The molecule has 39 heavy (non-hydrogen) atoms. The Morgan fingerprint density at radius 1 is 0.949 bits per heavy atom. The molecule has 204 valence electrons. The summed E-state index contributed by atoms with van der Waals surface area (Å²) in [5.41, 5.74) is 2.52. The zero-order valence-corrected chi connectivity index (χ0v) is 24.8. The minimum absolute atomic E-state index is 0.135. The Morgan fingerprint density at radius 3 is 2.26 bits per heavy atom. The summed E-state index contributed by atoms with van der Waals surface area (Å²) in [7, 11) is 1.34. The average molecular weight is 652 g/mol. The molecule has 1 aromatic heterocycles. The van der Waals surface area contributed by atoms with Gasteiger partial charge in [0, 0.05) is 44.8 Å². The van der Waals surface area contributed by atoms with Gasteiger partial charge < -0.3 is 24.4 Å². The van der Waals surface area contributed by atoms with Gasteiger partial charge in [-0.3, -0.25) is 4.79 Å². The number of halogens is 3. The lowest BCUT2D eigenvalue weighted by Crippen LogP contribution is -2.35. The smallest absolute Gasteiger partial charge is 0.354 e. The summed E-state index contributed by atoms with van der Waals surface area (Å²) in [6.45, 7) is 0.239. The van der Waals surface area contributed by atoms with Crippen molar-refractivity contribution in [1.82, 2.24) is 9.47 Å². The van der Waals surface area contributed by atoms with Crippen LogP contribution in [0.1, 0.15) is 26.4 Å². The summed E-state index contributed by atoms with van der Waals surface area (Å²) >= 11 is 17.4. The van der Waals surface area contributed by atoms with Gasteiger partial charge in [0.15, 0.2) is 0 Å². The normalized spacial score (nSPS) is 11.1. The van der Waals surface area contributed by atoms with Crippen molar-refractivity contribution < 1.29 is 24.5 Å². The Balaban J connectivity index is 1.69. The molecule has 0 unspecified atom stereocenters. The molecular weight excluding hydrogens is 627 g/mol. The number of aliphatic hydroxyl groups excluding tert-OH is 2. The number of rotatable bonds is 10. The molecule has 0 radical (unpaired) electrons. The van der Waals surface area contributed by atoms with Crippen LogP contribution in [0.4, 0.5) is 0 Å². The largest absolute Gasteiger partial charge is 0.464 e. The number of aliphatic hydroxyl groups is 2. The van der Waals surface area contributed by atoms with Crippen LogP contribution in [-0.4, -0.2) is 65.0 Å². The summed E-state index contributed by atoms with van der Waals surface area (Å²) in [6.07, 6.45) is 0. The molecule has 7 nitrogen and oxygen atoms in total. The Bertz CT molecular complexity index is 1500. The second-order valence-corrected chi connectivity index (χ2v) is 11.4. The highest BCUT2D eigenvalue weighted by atomic mass is 79.9.